The lowest BCUT2D eigenvalue weighted by atomic mass is 9.98. The van der Waals surface area contributed by atoms with Crippen LogP contribution in [0.3, 0.4) is 0 Å². The number of nitrogens with zero attached hydrogens (tertiary/aromatic N) is 3. The van der Waals surface area contributed by atoms with Gasteiger partial charge in [-0.3, -0.25) is 4.98 Å². The number of anilines is 1. The molecule has 2 aromatic carbocycles. The number of rotatable bonds is 7. The summed E-state index contributed by atoms with van der Waals surface area (Å²) in [6.07, 6.45) is 3.86. The Morgan fingerprint density at radius 3 is 2.61 bits per heavy atom. The van der Waals surface area contributed by atoms with Crippen LogP contribution >= 0.6 is 0 Å². The van der Waals surface area contributed by atoms with Crippen molar-refractivity contribution >= 4 is 28.7 Å². The molecule has 3 amide bonds. The van der Waals surface area contributed by atoms with Gasteiger partial charge in [-0.05, 0) is 55.9 Å². The molecule has 2 heterocycles. The van der Waals surface area contributed by atoms with E-state index in [0.29, 0.717) is 60.5 Å². The number of benzene rings is 2. The number of hydrogen-bond donors (Lipinski definition) is 3. The first-order chi connectivity index (χ1) is 18.4. The van der Waals surface area contributed by atoms with Crippen LogP contribution in [-0.4, -0.2) is 52.9 Å². The third-order valence-corrected chi connectivity index (χ3v) is 6.61. The van der Waals surface area contributed by atoms with Crippen molar-refractivity contribution in [2.24, 2.45) is 5.92 Å². The Morgan fingerprint density at radius 2 is 1.92 bits per heavy atom. The molecule has 1 aromatic heterocycles. The van der Waals surface area contributed by atoms with Crippen LogP contribution in [0.5, 0.6) is 17.2 Å². The molecule has 5 rings (SSSR count). The minimum atomic E-state index is -0.915. The van der Waals surface area contributed by atoms with Crippen molar-refractivity contribution in [3.05, 3.63) is 54.0 Å². The molecule has 196 valence electrons. The SMILES string of the molecule is N#Cc1cc2c(Oc3ccc(NC(=O)NC4CC4)c(F)c3)ccnc2cc1OCC1CCN(C(=O)O)CC1. The fraction of sp³-hybridized carbons (Fsp3) is 0.333. The molecule has 1 aliphatic heterocycles. The first kappa shape index (κ1) is 25.1. The zero-order valence-corrected chi connectivity index (χ0v) is 20.4. The van der Waals surface area contributed by atoms with Gasteiger partial charge < -0.3 is 30.1 Å². The average molecular weight is 520 g/mol. The molecule has 1 aliphatic carbocycles. The molecule has 11 heteroatoms. The number of pyridine rings is 1. The first-order valence-electron chi connectivity index (χ1n) is 12.4. The lowest BCUT2D eigenvalue weighted by Gasteiger charge is -2.29. The van der Waals surface area contributed by atoms with Gasteiger partial charge in [-0.2, -0.15) is 5.26 Å². The highest BCUT2D eigenvalue weighted by atomic mass is 19.1. The van der Waals surface area contributed by atoms with Gasteiger partial charge >= 0.3 is 12.1 Å². The molecule has 10 nitrogen and oxygen atoms in total. The van der Waals surface area contributed by atoms with Crippen molar-refractivity contribution in [2.75, 3.05) is 25.0 Å². The predicted octanol–water partition coefficient (Wildman–Crippen LogP) is 5.09. The fourth-order valence-corrected chi connectivity index (χ4v) is 4.30. The summed E-state index contributed by atoms with van der Waals surface area (Å²) in [5, 5.41) is 24.6. The Hall–Kier alpha value is -4.59. The molecule has 0 spiro atoms. The van der Waals surface area contributed by atoms with Gasteiger partial charge in [0.2, 0.25) is 0 Å². The summed E-state index contributed by atoms with van der Waals surface area (Å²) in [4.78, 5) is 28.8. The summed E-state index contributed by atoms with van der Waals surface area (Å²) < 4.78 is 26.5. The van der Waals surface area contributed by atoms with Crippen molar-refractivity contribution in [2.45, 2.75) is 31.7 Å². The quantitative estimate of drug-likeness (QED) is 0.395. The second-order valence-electron chi connectivity index (χ2n) is 9.43. The van der Waals surface area contributed by atoms with Gasteiger partial charge in [0.05, 0.1) is 23.4 Å². The molecular weight excluding hydrogens is 493 g/mol. The van der Waals surface area contributed by atoms with E-state index in [1.54, 1.807) is 30.5 Å². The number of amides is 3. The Bertz CT molecular complexity index is 1410. The number of ether oxygens (including phenoxy) is 2. The van der Waals surface area contributed by atoms with E-state index < -0.39 is 17.9 Å². The van der Waals surface area contributed by atoms with Crippen molar-refractivity contribution in [1.82, 2.24) is 15.2 Å². The highest BCUT2D eigenvalue weighted by Crippen LogP contribution is 2.34. The molecule has 3 N–H and O–H groups in total. The van der Waals surface area contributed by atoms with Crippen LogP contribution in [0.15, 0.2) is 42.6 Å². The maximum absolute atomic E-state index is 14.6. The molecule has 1 saturated heterocycles. The van der Waals surface area contributed by atoms with Gasteiger partial charge in [0.25, 0.3) is 0 Å². The first-order valence-corrected chi connectivity index (χ1v) is 12.4. The minimum Gasteiger partial charge on any atom is -0.492 e. The van der Waals surface area contributed by atoms with Gasteiger partial charge in [0.15, 0.2) is 0 Å². The largest absolute Gasteiger partial charge is 0.492 e. The summed E-state index contributed by atoms with van der Waals surface area (Å²) in [6.45, 7) is 1.28. The summed E-state index contributed by atoms with van der Waals surface area (Å²) in [5.74, 6) is 0.522. The van der Waals surface area contributed by atoms with Crippen LogP contribution in [0.25, 0.3) is 10.9 Å². The van der Waals surface area contributed by atoms with Crippen molar-refractivity contribution in [1.29, 1.82) is 5.26 Å². The van der Waals surface area contributed by atoms with Gasteiger partial charge in [0.1, 0.15) is 29.1 Å². The number of carbonyl (C=O) groups is 2. The van der Waals surface area contributed by atoms with Crippen LogP contribution in [-0.2, 0) is 0 Å². The number of nitriles is 1. The maximum atomic E-state index is 14.6. The molecule has 0 bridgehead atoms. The van der Waals surface area contributed by atoms with Crippen LogP contribution in [0.1, 0.15) is 31.2 Å². The number of likely N-dealkylation sites (tertiary alicyclic amines) is 1. The molecule has 3 aromatic rings. The highest BCUT2D eigenvalue weighted by molar-refractivity contribution is 5.90. The molecule has 0 radical (unpaired) electrons. The van der Waals surface area contributed by atoms with E-state index in [-0.39, 0.29) is 23.4 Å². The van der Waals surface area contributed by atoms with Gasteiger partial charge in [-0.25, -0.2) is 14.0 Å². The van der Waals surface area contributed by atoms with Crippen LogP contribution in [0.2, 0.25) is 0 Å². The monoisotopic (exact) mass is 519 g/mol. The standard InChI is InChI=1S/C27H26FN5O5/c28-21-12-19(3-4-22(21)32-26(34)31-18-1-2-18)38-24-5-8-30-23-13-25(17(14-29)11-20(23)24)37-15-16-6-9-33(10-7-16)27(35)36/h3-5,8,11-13,16,18H,1-2,6-7,9-10,15H2,(H,35,36)(H2,31,32,34). The zero-order valence-electron chi connectivity index (χ0n) is 20.4. The Balaban J connectivity index is 1.28. The van der Waals surface area contributed by atoms with E-state index in [2.05, 4.69) is 21.7 Å². The summed E-state index contributed by atoms with van der Waals surface area (Å²) in [6, 6.07) is 10.9. The third kappa shape index (κ3) is 5.86. The van der Waals surface area contributed by atoms with E-state index in [1.165, 1.54) is 17.0 Å². The number of aromatic nitrogens is 1. The topological polar surface area (TPSA) is 137 Å². The van der Waals surface area contributed by atoms with Crippen LogP contribution in [0, 0.1) is 23.1 Å². The average Bonchev–Trinajstić information content (AvgIpc) is 3.73. The number of piperidine rings is 1. The molecule has 2 aliphatic rings. The fourth-order valence-electron chi connectivity index (χ4n) is 4.30. The zero-order chi connectivity index (χ0) is 26.6. The Labute approximate surface area is 218 Å². The second kappa shape index (κ2) is 10.8. The lowest BCUT2D eigenvalue weighted by Crippen LogP contribution is -2.38. The number of fused-ring (bicyclic) bond motifs is 1. The van der Waals surface area contributed by atoms with Crippen molar-refractivity contribution in [3.8, 4) is 23.3 Å². The van der Waals surface area contributed by atoms with Gasteiger partial charge in [0, 0.05) is 42.8 Å². The number of hydrogen-bond acceptors (Lipinski definition) is 6. The summed E-state index contributed by atoms with van der Waals surface area (Å²) >= 11 is 0. The van der Waals surface area contributed by atoms with Gasteiger partial charge in [-0.1, -0.05) is 0 Å². The molecule has 0 atom stereocenters. The molecule has 38 heavy (non-hydrogen) atoms. The molecule has 1 saturated carbocycles. The molecular formula is C27H26FN5O5. The number of carboxylic acid groups (broad SMARTS) is 1. The number of carbonyl (C=O) groups excluding carboxylic acids is 1. The van der Waals surface area contributed by atoms with Crippen molar-refractivity contribution < 1.29 is 28.6 Å². The van der Waals surface area contributed by atoms with E-state index in [4.69, 9.17) is 14.6 Å². The number of urea groups is 1. The maximum Gasteiger partial charge on any atom is 0.407 e. The van der Waals surface area contributed by atoms with Gasteiger partial charge in [-0.15, -0.1) is 0 Å². The normalized spacial score (nSPS) is 15.5. The van der Waals surface area contributed by atoms with Crippen LogP contribution in [0.4, 0.5) is 19.7 Å². The smallest absolute Gasteiger partial charge is 0.407 e. The lowest BCUT2D eigenvalue weighted by molar-refractivity contribution is 0.111. The minimum absolute atomic E-state index is 0.0391. The van der Waals surface area contributed by atoms with Crippen molar-refractivity contribution in [3.63, 3.8) is 0 Å². The summed E-state index contributed by atoms with van der Waals surface area (Å²) in [5.41, 5.74) is 0.871. The number of nitrogens with one attached hydrogen (secondary N) is 2. The highest BCUT2D eigenvalue weighted by Gasteiger charge is 2.24. The second-order valence-corrected chi connectivity index (χ2v) is 9.43. The molecule has 0 unspecified atom stereocenters. The third-order valence-electron chi connectivity index (χ3n) is 6.61. The summed E-state index contributed by atoms with van der Waals surface area (Å²) in [7, 11) is 0. The van der Waals surface area contributed by atoms with E-state index >= 15 is 0 Å². The Kier molecular flexibility index (Phi) is 7.13. The van der Waals surface area contributed by atoms with E-state index in [1.807, 2.05) is 0 Å². The van der Waals surface area contributed by atoms with E-state index in [9.17, 15) is 19.2 Å². The Morgan fingerprint density at radius 1 is 1.13 bits per heavy atom. The molecule has 2 fully saturated rings. The van der Waals surface area contributed by atoms with Crippen LogP contribution < -0.4 is 20.1 Å². The predicted molar refractivity (Wildman–Crippen MR) is 136 cm³/mol. The number of halogens is 1. The van der Waals surface area contributed by atoms with E-state index in [0.717, 1.165) is 12.8 Å².